The van der Waals surface area contributed by atoms with Crippen molar-refractivity contribution in [2.75, 3.05) is 5.73 Å². The highest BCUT2D eigenvalue weighted by Crippen LogP contribution is 2.35. The second kappa shape index (κ2) is 5.05. The molecule has 0 atom stereocenters. The van der Waals surface area contributed by atoms with Crippen LogP contribution in [0.1, 0.15) is 48.1 Å². The van der Waals surface area contributed by atoms with E-state index in [1.54, 1.807) is 0 Å². The van der Waals surface area contributed by atoms with Crippen molar-refractivity contribution < 1.29 is 4.79 Å². The Labute approximate surface area is 123 Å². The molecule has 0 aliphatic heterocycles. The second-order valence-corrected chi connectivity index (χ2v) is 6.80. The molecule has 20 heavy (non-hydrogen) atoms. The molecule has 2 aromatic rings. The van der Waals surface area contributed by atoms with Crippen molar-refractivity contribution in [3.05, 3.63) is 22.2 Å². The van der Waals surface area contributed by atoms with Gasteiger partial charge >= 0.3 is 0 Å². The second-order valence-electron chi connectivity index (χ2n) is 5.80. The van der Waals surface area contributed by atoms with Gasteiger partial charge in [0.2, 0.25) is 0 Å². The summed E-state index contributed by atoms with van der Waals surface area (Å²) >= 11 is 1.36. The molecule has 2 aromatic heterocycles. The first-order valence-electron chi connectivity index (χ1n) is 6.74. The fourth-order valence-electron chi connectivity index (χ4n) is 2.09. The number of rotatable bonds is 3. The monoisotopic (exact) mass is 291 g/mol. The SMILES string of the molecule is CCC(C)(C)NC(=O)c1sc2nc(C)cc(C)c2c1N. The highest BCUT2D eigenvalue weighted by Gasteiger charge is 2.23. The van der Waals surface area contributed by atoms with E-state index < -0.39 is 0 Å². The van der Waals surface area contributed by atoms with E-state index in [1.165, 1.54) is 11.3 Å². The number of nitrogens with two attached hydrogens (primary N) is 1. The molecule has 0 radical (unpaired) electrons. The zero-order valence-electron chi connectivity index (χ0n) is 12.6. The number of aromatic nitrogens is 1. The smallest absolute Gasteiger partial charge is 0.263 e. The number of amides is 1. The number of thiophene rings is 1. The molecule has 0 aliphatic carbocycles. The van der Waals surface area contributed by atoms with E-state index >= 15 is 0 Å². The van der Waals surface area contributed by atoms with Crippen LogP contribution in [0, 0.1) is 13.8 Å². The number of hydrogen-bond donors (Lipinski definition) is 2. The molecule has 0 saturated heterocycles. The minimum atomic E-state index is -0.238. The fraction of sp³-hybridized carbons (Fsp3) is 0.467. The Morgan fingerprint density at radius 1 is 1.45 bits per heavy atom. The minimum absolute atomic E-state index is 0.116. The first-order chi connectivity index (χ1) is 9.25. The Bertz CT molecular complexity index is 673. The predicted molar refractivity (Wildman–Crippen MR) is 85.3 cm³/mol. The molecule has 108 valence electrons. The Hall–Kier alpha value is -1.62. The third kappa shape index (κ3) is 2.63. The van der Waals surface area contributed by atoms with Crippen LogP contribution in [-0.4, -0.2) is 16.4 Å². The van der Waals surface area contributed by atoms with E-state index in [9.17, 15) is 4.79 Å². The molecule has 0 bridgehead atoms. The number of nitrogen functional groups attached to an aromatic ring is 1. The molecule has 0 unspecified atom stereocenters. The van der Waals surface area contributed by atoms with Crippen molar-refractivity contribution in [3.63, 3.8) is 0 Å². The van der Waals surface area contributed by atoms with E-state index in [-0.39, 0.29) is 11.4 Å². The van der Waals surface area contributed by atoms with Gasteiger partial charge in [-0.25, -0.2) is 4.98 Å². The normalized spacial score (nSPS) is 11.8. The summed E-state index contributed by atoms with van der Waals surface area (Å²) in [5.41, 5.74) is 8.47. The molecule has 0 aliphatic rings. The lowest BCUT2D eigenvalue weighted by atomic mass is 10.0. The van der Waals surface area contributed by atoms with Gasteiger partial charge in [-0.15, -0.1) is 11.3 Å². The Kier molecular flexibility index (Phi) is 3.73. The van der Waals surface area contributed by atoms with Crippen LogP contribution in [0.15, 0.2) is 6.07 Å². The summed E-state index contributed by atoms with van der Waals surface area (Å²) in [5.74, 6) is -0.116. The van der Waals surface area contributed by atoms with E-state index in [2.05, 4.69) is 10.3 Å². The number of nitrogens with one attached hydrogen (secondary N) is 1. The Morgan fingerprint density at radius 2 is 2.10 bits per heavy atom. The molecule has 0 aromatic carbocycles. The first kappa shape index (κ1) is 14.8. The summed E-state index contributed by atoms with van der Waals surface area (Å²) in [7, 11) is 0. The molecule has 0 saturated carbocycles. The maximum atomic E-state index is 12.4. The van der Waals surface area contributed by atoms with Gasteiger partial charge in [0.25, 0.3) is 5.91 Å². The van der Waals surface area contributed by atoms with Crippen LogP contribution in [0.3, 0.4) is 0 Å². The van der Waals surface area contributed by atoms with E-state index in [0.717, 1.165) is 27.9 Å². The van der Waals surface area contributed by atoms with Crippen LogP contribution in [0.5, 0.6) is 0 Å². The number of aryl methyl sites for hydroxylation is 2. The minimum Gasteiger partial charge on any atom is -0.397 e. The summed E-state index contributed by atoms with van der Waals surface area (Å²) in [6, 6.07) is 1.99. The third-order valence-electron chi connectivity index (χ3n) is 3.57. The Balaban J connectivity index is 2.48. The highest BCUT2D eigenvalue weighted by molar-refractivity contribution is 7.21. The van der Waals surface area contributed by atoms with Gasteiger partial charge < -0.3 is 11.1 Å². The van der Waals surface area contributed by atoms with Gasteiger partial charge in [-0.2, -0.15) is 0 Å². The maximum absolute atomic E-state index is 12.4. The molecule has 4 nitrogen and oxygen atoms in total. The molecule has 0 spiro atoms. The number of hydrogen-bond acceptors (Lipinski definition) is 4. The lowest BCUT2D eigenvalue weighted by Gasteiger charge is -2.24. The van der Waals surface area contributed by atoms with Crippen molar-refractivity contribution in [2.45, 2.75) is 46.6 Å². The quantitative estimate of drug-likeness (QED) is 0.910. The molecule has 2 rings (SSSR count). The number of fused-ring (bicyclic) bond motifs is 1. The van der Waals surface area contributed by atoms with Crippen LogP contribution < -0.4 is 11.1 Å². The third-order valence-corrected chi connectivity index (χ3v) is 4.66. The average molecular weight is 291 g/mol. The summed E-state index contributed by atoms with van der Waals surface area (Å²) in [4.78, 5) is 18.3. The van der Waals surface area contributed by atoms with Gasteiger partial charge in [-0.1, -0.05) is 6.92 Å². The summed E-state index contributed by atoms with van der Waals surface area (Å²) in [6.45, 7) is 9.99. The van der Waals surface area contributed by atoms with Crippen molar-refractivity contribution in [1.29, 1.82) is 0 Å². The predicted octanol–water partition coefficient (Wildman–Crippen LogP) is 3.41. The molecular weight excluding hydrogens is 270 g/mol. The number of carbonyl (C=O) groups excluding carboxylic acids is 1. The van der Waals surface area contributed by atoms with Gasteiger partial charge in [-0.3, -0.25) is 4.79 Å². The van der Waals surface area contributed by atoms with Crippen molar-refractivity contribution in [3.8, 4) is 0 Å². The Morgan fingerprint density at radius 3 is 2.70 bits per heavy atom. The zero-order valence-corrected chi connectivity index (χ0v) is 13.4. The van der Waals surface area contributed by atoms with Crippen molar-refractivity contribution in [1.82, 2.24) is 10.3 Å². The average Bonchev–Trinajstić information content (AvgIpc) is 2.66. The first-order valence-corrected chi connectivity index (χ1v) is 7.55. The molecule has 0 fully saturated rings. The number of anilines is 1. The van der Waals surface area contributed by atoms with E-state index in [0.29, 0.717) is 10.6 Å². The number of pyridine rings is 1. The lowest BCUT2D eigenvalue weighted by molar-refractivity contribution is 0.0916. The summed E-state index contributed by atoms with van der Waals surface area (Å²) < 4.78 is 0. The van der Waals surface area contributed by atoms with Crippen LogP contribution in [-0.2, 0) is 0 Å². The summed E-state index contributed by atoms with van der Waals surface area (Å²) in [6.07, 6.45) is 0.861. The largest absolute Gasteiger partial charge is 0.397 e. The molecule has 5 heteroatoms. The molecule has 2 heterocycles. The molecule has 1 amide bonds. The van der Waals surface area contributed by atoms with Crippen molar-refractivity contribution in [2.24, 2.45) is 0 Å². The van der Waals surface area contributed by atoms with Gasteiger partial charge in [0.1, 0.15) is 9.71 Å². The standard InChI is InChI=1S/C15H21N3OS/c1-6-15(4,5)18-13(19)12-11(16)10-8(2)7-9(3)17-14(10)20-12/h7H,6,16H2,1-5H3,(H,18,19). The lowest BCUT2D eigenvalue weighted by Crippen LogP contribution is -2.42. The zero-order chi connectivity index (χ0) is 15.1. The topological polar surface area (TPSA) is 68.0 Å². The molecular formula is C15H21N3OS. The maximum Gasteiger partial charge on any atom is 0.263 e. The highest BCUT2D eigenvalue weighted by atomic mass is 32.1. The van der Waals surface area contributed by atoms with Gasteiger partial charge in [0.15, 0.2) is 0 Å². The van der Waals surface area contributed by atoms with Gasteiger partial charge in [0.05, 0.1) is 5.69 Å². The van der Waals surface area contributed by atoms with E-state index in [1.807, 2.05) is 40.7 Å². The number of carbonyl (C=O) groups is 1. The van der Waals surface area contributed by atoms with Crippen molar-refractivity contribution >= 4 is 33.1 Å². The van der Waals surface area contributed by atoms with Crippen LogP contribution in [0.2, 0.25) is 0 Å². The molecule has 3 N–H and O–H groups in total. The van der Waals surface area contributed by atoms with Crippen LogP contribution in [0.25, 0.3) is 10.2 Å². The van der Waals surface area contributed by atoms with E-state index in [4.69, 9.17) is 5.73 Å². The van der Waals surface area contributed by atoms with Crippen LogP contribution >= 0.6 is 11.3 Å². The van der Waals surface area contributed by atoms with Crippen LogP contribution in [0.4, 0.5) is 5.69 Å². The summed E-state index contributed by atoms with van der Waals surface area (Å²) in [5, 5.41) is 3.92. The fourth-order valence-corrected chi connectivity index (χ4v) is 3.20. The van der Waals surface area contributed by atoms with Gasteiger partial charge in [-0.05, 0) is 45.7 Å². The number of nitrogens with zero attached hydrogens (tertiary/aromatic N) is 1. The van der Waals surface area contributed by atoms with Gasteiger partial charge in [0, 0.05) is 16.6 Å².